The highest BCUT2D eigenvalue weighted by molar-refractivity contribution is 5.78. The Bertz CT molecular complexity index is 650. The summed E-state index contributed by atoms with van der Waals surface area (Å²) in [7, 11) is 0. The second-order valence-electron chi connectivity index (χ2n) is 6.82. The Morgan fingerprint density at radius 2 is 2.00 bits per heavy atom. The summed E-state index contributed by atoms with van der Waals surface area (Å²) < 4.78 is 2.02. The Hall–Kier alpha value is -1.63. The molecule has 1 saturated heterocycles. The molecule has 2 aromatic rings. The van der Waals surface area contributed by atoms with E-state index >= 15 is 0 Å². The lowest BCUT2D eigenvalue weighted by molar-refractivity contribution is 0.0812. The molecule has 0 radical (unpaired) electrons. The maximum absolute atomic E-state index is 10.6. The standard InChI is InChI=1S/C18H28N4O2/c1-14-6-9-21(10-7-14)12-15(24)13-22-17-5-3-2-4-16(17)20-18(22)19-8-11-23/h2-5,14-15,23-24H,6-13H2,1H3,(H,19,20). The monoisotopic (exact) mass is 332 g/mol. The van der Waals surface area contributed by atoms with Crippen molar-refractivity contribution in [2.24, 2.45) is 5.92 Å². The lowest BCUT2D eigenvalue weighted by Gasteiger charge is -2.31. The zero-order valence-electron chi connectivity index (χ0n) is 14.4. The summed E-state index contributed by atoms with van der Waals surface area (Å²) in [6.45, 7) is 6.13. The Balaban J connectivity index is 1.70. The topological polar surface area (TPSA) is 73.5 Å². The van der Waals surface area contributed by atoms with Gasteiger partial charge in [0, 0.05) is 13.1 Å². The molecule has 24 heavy (non-hydrogen) atoms. The number of aliphatic hydroxyl groups is 2. The number of anilines is 1. The fourth-order valence-electron chi connectivity index (χ4n) is 3.37. The molecule has 0 aliphatic carbocycles. The van der Waals surface area contributed by atoms with Crippen molar-refractivity contribution < 1.29 is 10.2 Å². The highest BCUT2D eigenvalue weighted by Gasteiger charge is 2.20. The molecule has 0 saturated carbocycles. The van der Waals surface area contributed by atoms with Crippen LogP contribution < -0.4 is 5.32 Å². The van der Waals surface area contributed by atoms with Crippen LogP contribution in [-0.2, 0) is 6.54 Å². The van der Waals surface area contributed by atoms with Crippen LogP contribution in [0.3, 0.4) is 0 Å². The van der Waals surface area contributed by atoms with Gasteiger partial charge in [-0.1, -0.05) is 19.1 Å². The zero-order valence-corrected chi connectivity index (χ0v) is 14.4. The number of benzene rings is 1. The van der Waals surface area contributed by atoms with E-state index in [1.165, 1.54) is 12.8 Å². The van der Waals surface area contributed by atoms with E-state index in [1.807, 2.05) is 28.8 Å². The molecule has 6 nitrogen and oxygen atoms in total. The molecule has 3 N–H and O–H groups in total. The molecule has 1 aliphatic heterocycles. The van der Waals surface area contributed by atoms with E-state index in [4.69, 9.17) is 5.11 Å². The Morgan fingerprint density at radius 3 is 2.75 bits per heavy atom. The first kappa shape index (κ1) is 17.2. The van der Waals surface area contributed by atoms with Crippen LogP contribution in [0, 0.1) is 5.92 Å². The third-order valence-electron chi connectivity index (χ3n) is 4.79. The fraction of sp³-hybridized carbons (Fsp3) is 0.611. The van der Waals surface area contributed by atoms with Gasteiger partial charge >= 0.3 is 0 Å². The van der Waals surface area contributed by atoms with Crippen LogP contribution in [0.2, 0.25) is 0 Å². The predicted octanol–water partition coefficient (Wildman–Crippen LogP) is 1.53. The number of fused-ring (bicyclic) bond motifs is 1. The van der Waals surface area contributed by atoms with Crippen molar-refractivity contribution in [2.75, 3.05) is 38.1 Å². The number of hydrogen-bond acceptors (Lipinski definition) is 5. The van der Waals surface area contributed by atoms with Crippen LogP contribution in [0.25, 0.3) is 11.0 Å². The van der Waals surface area contributed by atoms with Gasteiger partial charge in [0.05, 0.1) is 30.3 Å². The number of aromatic nitrogens is 2. The van der Waals surface area contributed by atoms with Crippen molar-refractivity contribution in [1.82, 2.24) is 14.5 Å². The highest BCUT2D eigenvalue weighted by Crippen LogP contribution is 2.21. The number of nitrogens with one attached hydrogen (secondary N) is 1. The summed E-state index contributed by atoms with van der Waals surface area (Å²) in [5.74, 6) is 1.50. The van der Waals surface area contributed by atoms with Gasteiger partial charge in [-0.2, -0.15) is 0 Å². The van der Waals surface area contributed by atoms with Crippen molar-refractivity contribution >= 4 is 17.0 Å². The summed E-state index contributed by atoms with van der Waals surface area (Å²) in [6.07, 6.45) is 1.99. The molecule has 2 heterocycles. The molecule has 0 spiro atoms. The van der Waals surface area contributed by atoms with Gasteiger partial charge in [0.25, 0.3) is 0 Å². The zero-order chi connectivity index (χ0) is 16.9. The van der Waals surface area contributed by atoms with Gasteiger partial charge in [0.15, 0.2) is 0 Å². The van der Waals surface area contributed by atoms with Crippen molar-refractivity contribution in [3.8, 4) is 0 Å². The second kappa shape index (κ2) is 7.96. The Kier molecular flexibility index (Phi) is 5.71. The van der Waals surface area contributed by atoms with Crippen LogP contribution >= 0.6 is 0 Å². The first-order chi connectivity index (χ1) is 11.7. The van der Waals surface area contributed by atoms with E-state index in [-0.39, 0.29) is 6.61 Å². The normalized spacial score (nSPS) is 18.1. The van der Waals surface area contributed by atoms with Crippen LogP contribution in [0.1, 0.15) is 19.8 Å². The second-order valence-corrected chi connectivity index (χ2v) is 6.82. The Morgan fingerprint density at radius 1 is 1.25 bits per heavy atom. The molecule has 132 valence electrons. The summed E-state index contributed by atoms with van der Waals surface area (Å²) in [6, 6.07) is 7.92. The molecule has 1 atom stereocenters. The van der Waals surface area contributed by atoms with Gasteiger partial charge in [-0.05, 0) is 44.0 Å². The number of para-hydroxylation sites is 2. The quantitative estimate of drug-likeness (QED) is 0.717. The lowest BCUT2D eigenvalue weighted by atomic mass is 9.99. The first-order valence-electron chi connectivity index (χ1n) is 8.88. The number of rotatable bonds is 7. The van der Waals surface area contributed by atoms with Crippen molar-refractivity contribution in [3.05, 3.63) is 24.3 Å². The van der Waals surface area contributed by atoms with E-state index in [1.54, 1.807) is 0 Å². The average Bonchev–Trinajstić information content (AvgIpc) is 2.93. The molecule has 0 bridgehead atoms. The number of aliphatic hydroxyl groups excluding tert-OH is 2. The largest absolute Gasteiger partial charge is 0.395 e. The molecule has 3 rings (SSSR count). The summed E-state index contributed by atoms with van der Waals surface area (Å²) in [4.78, 5) is 6.93. The predicted molar refractivity (Wildman–Crippen MR) is 96.2 cm³/mol. The van der Waals surface area contributed by atoms with Crippen LogP contribution in [-0.4, -0.2) is 63.6 Å². The molecular weight excluding hydrogens is 304 g/mol. The van der Waals surface area contributed by atoms with Gasteiger partial charge in [-0.15, -0.1) is 0 Å². The van der Waals surface area contributed by atoms with Gasteiger partial charge in [-0.25, -0.2) is 4.98 Å². The Labute approximate surface area is 143 Å². The molecule has 6 heteroatoms. The molecule has 1 unspecified atom stereocenters. The highest BCUT2D eigenvalue weighted by atomic mass is 16.3. The van der Waals surface area contributed by atoms with Gasteiger partial charge in [0.2, 0.25) is 5.95 Å². The van der Waals surface area contributed by atoms with Gasteiger partial charge in [-0.3, -0.25) is 0 Å². The van der Waals surface area contributed by atoms with E-state index in [9.17, 15) is 5.11 Å². The molecule has 1 fully saturated rings. The van der Waals surface area contributed by atoms with Gasteiger partial charge in [0.1, 0.15) is 0 Å². The summed E-state index contributed by atoms with van der Waals surface area (Å²) >= 11 is 0. The van der Waals surface area contributed by atoms with E-state index < -0.39 is 6.10 Å². The third-order valence-corrected chi connectivity index (χ3v) is 4.79. The van der Waals surface area contributed by atoms with E-state index in [2.05, 4.69) is 22.1 Å². The number of piperidine rings is 1. The molecule has 1 aromatic carbocycles. The minimum atomic E-state index is -0.439. The number of hydrogen-bond donors (Lipinski definition) is 3. The maximum Gasteiger partial charge on any atom is 0.204 e. The van der Waals surface area contributed by atoms with Crippen LogP contribution in [0.4, 0.5) is 5.95 Å². The van der Waals surface area contributed by atoms with Crippen molar-refractivity contribution in [2.45, 2.75) is 32.4 Å². The molecule has 1 aromatic heterocycles. The third kappa shape index (κ3) is 4.06. The SMILES string of the molecule is CC1CCN(CC(O)Cn2c(NCCO)nc3ccccc32)CC1. The molecule has 0 amide bonds. The smallest absolute Gasteiger partial charge is 0.204 e. The number of likely N-dealkylation sites (tertiary alicyclic amines) is 1. The van der Waals surface area contributed by atoms with Crippen molar-refractivity contribution in [3.63, 3.8) is 0 Å². The summed E-state index contributed by atoms with van der Waals surface area (Å²) in [5.41, 5.74) is 1.90. The maximum atomic E-state index is 10.6. The minimum absolute atomic E-state index is 0.0533. The number of nitrogens with zero attached hydrogens (tertiary/aromatic N) is 3. The number of β-amino-alcohol motifs (C(OH)–C–C–N with tert-alkyl or cyclic N) is 1. The van der Waals surface area contributed by atoms with Gasteiger partial charge < -0.3 is 25.0 Å². The van der Waals surface area contributed by atoms with E-state index in [0.717, 1.165) is 30.0 Å². The summed E-state index contributed by atoms with van der Waals surface area (Å²) in [5, 5.41) is 22.8. The lowest BCUT2D eigenvalue weighted by Crippen LogP contribution is -2.39. The average molecular weight is 332 g/mol. The molecule has 1 aliphatic rings. The van der Waals surface area contributed by atoms with E-state index in [0.29, 0.717) is 25.6 Å². The first-order valence-corrected chi connectivity index (χ1v) is 8.88. The minimum Gasteiger partial charge on any atom is -0.395 e. The number of imidazole rings is 1. The fourth-order valence-corrected chi connectivity index (χ4v) is 3.37. The van der Waals surface area contributed by atoms with Crippen LogP contribution in [0.15, 0.2) is 24.3 Å². The van der Waals surface area contributed by atoms with Crippen molar-refractivity contribution in [1.29, 1.82) is 0 Å². The van der Waals surface area contributed by atoms with Crippen LogP contribution in [0.5, 0.6) is 0 Å². The molecular formula is C18H28N4O2.